The molecule has 0 bridgehead atoms. The molecule has 1 aromatic heterocycles. The molecule has 3 aromatic rings. The highest BCUT2D eigenvalue weighted by atomic mass is 32.1. The molecule has 2 amide bonds. The molecule has 1 aliphatic heterocycles. The maximum absolute atomic E-state index is 13.5. The Balaban J connectivity index is 1.21. The van der Waals surface area contributed by atoms with Crippen molar-refractivity contribution in [2.45, 2.75) is 31.6 Å². The third-order valence-electron chi connectivity index (χ3n) is 6.48. The van der Waals surface area contributed by atoms with Crippen molar-refractivity contribution in [2.24, 2.45) is 0 Å². The van der Waals surface area contributed by atoms with Crippen LogP contribution in [0.2, 0.25) is 0 Å². The number of nitrogens with zero attached hydrogens (tertiary/aromatic N) is 2. The van der Waals surface area contributed by atoms with Crippen molar-refractivity contribution in [3.05, 3.63) is 58.7 Å². The molecule has 0 atom stereocenters. The number of nitrogens with one attached hydrogen (secondary N) is 2. The number of unbranched alkanes of at least 4 members (excludes halogenated alkanes) is 1. The second kappa shape index (κ2) is 12.0. The predicted octanol–water partition coefficient (Wildman–Crippen LogP) is 7.19. The molecule has 2 heterocycles. The summed E-state index contributed by atoms with van der Waals surface area (Å²) < 4.78 is 92.4. The van der Waals surface area contributed by atoms with E-state index in [2.05, 4.69) is 25.8 Å². The minimum Gasteiger partial charge on any atom is -0.369 e. The van der Waals surface area contributed by atoms with Crippen molar-refractivity contribution >= 4 is 38.8 Å². The van der Waals surface area contributed by atoms with E-state index >= 15 is 0 Å². The van der Waals surface area contributed by atoms with Crippen LogP contribution in [0.4, 0.5) is 46.9 Å². The first-order chi connectivity index (χ1) is 18.4. The van der Waals surface area contributed by atoms with Gasteiger partial charge in [0.1, 0.15) is 5.82 Å². The Hall–Kier alpha value is -3.06. The number of rotatable bonds is 7. The van der Waals surface area contributed by atoms with Crippen LogP contribution in [-0.4, -0.2) is 50.2 Å². The van der Waals surface area contributed by atoms with Gasteiger partial charge in [0.05, 0.1) is 16.8 Å². The highest BCUT2D eigenvalue weighted by Crippen LogP contribution is 2.37. The molecule has 0 unspecified atom stereocenters. The molecule has 0 aliphatic carbocycles. The van der Waals surface area contributed by atoms with E-state index < -0.39 is 35.2 Å². The predicted molar refractivity (Wildman–Crippen MR) is 138 cm³/mol. The van der Waals surface area contributed by atoms with Crippen molar-refractivity contribution in [2.75, 3.05) is 49.5 Å². The molecule has 1 fully saturated rings. The fourth-order valence-corrected chi connectivity index (χ4v) is 5.53. The number of carbonyl (C=O) groups excluding carboxylic acids is 1. The van der Waals surface area contributed by atoms with Crippen molar-refractivity contribution in [1.82, 2.24) is 10.2 Å². The van der Waals surface area contributed by atoms with Gasteiger partial charge in [-0.05, 0) is 68.8 Å². The SMILES string of the molecule is O=C(NCCCCN1CCCN(c2csc3cc(F)ccc23)CC1)Nc1cc(C(F)(F)F)cc(C(F)(F)F)c1. The van der Waals surface area contributed by atoms with Crippen LogP contribution in [0.5, 0.6) is 0 Å². The molecule has 2 N–H and O–H groups in total. The number of amides is 2. The highest BCUT2D eigenvalue weighted by Gasteiger charge is 2.37. The lowest BCUT2D eigenvalue weighted by Gasteiger charge is -2.23. The maximum Gasteiger partial charge on any atom is 0.416 e. The quantitative estimate of drug-likeness (QED) is 0.231. The molecule has 1 aliphatic rings. The third kappa shape index (κ3) is 7.75. The maximum atomic E-state index is 13.5. The zero-order chi connectivity index (χ0) is 28.2. The van der Waals surface area contributed by atoms with Gasteiger partial charge in [0, 0.05) is 47.3 Å². The van der Waals surface area contributed by atoms with E-state index in [1.165, 1.54) is 17.4 Å². The number of anilines is 2. The second-order valence-electron chi connectivity index (χ2n) is 9.33. The number of alkyl halides is 6. The summed E-state index contributed by atoms with van der Waals surface area (Å²) in [6, 6.07) is 4.89. The Morgan fingerprint density at radius 1 is 0.897 bits per heavy atom. The minimum atomic E-state index is -4.99. The van der Waals surface area contributed by atoms with Crippen LogP contribution in [0.3, 0.4) is 0 Å². The number of halogens is 7. The fraction of sp³-hybridized carbons (Fsp3) is 0.423. The second-order valence-corrected chi connectivity index (χ2v) is 10.2. The van der Waals surface area contributed by atoms with Crippen LogP contribution in [0, 0.1) is 5.82 Å². The Bertz CT molecular complexity index is 1260. The Morgan fingerprint density at radius 3 is 2.31 bits per heavy atom. The summed E-state index contributed by atoms with van der Waals surface area (Å²) in [7, 11) is 0. The Morgan fingerprint density at radius 2 is 1.62 bits per heavy atom. The average Bonchev–Trinajstić information content (AvgIpc) is 3.12. The molecule has 212 valence electrons. The number of thiophene rings is 1. The lowest BCUT2D eigenvalue weighted by Crippen LogP contribution is -2.32. The highest BCUT2D eigenvalue weighted by molar-refractivity contribution is 7.17. The number of hydrogen-bond acceptors (Lipinski definition) is 4. The van der Waals surface area contributed by atoms with Crippen LogP contribution in [0.1, 0.15) is 30.4 Å². The Labute approximate surface area is 224 Å². The molecule has 0 saturated carbocycles. The smallest absolute Gasteiger partial charge is 0.369 e. The Kier molecular flexibility index (Phi) is 8.90. The molecule has 39 heavy (non-hydrogen) atoms. The first-order valence-corrected chi connectivity index (χ1v) is 13.3. The van der Waals surface area contributed by atoms with Crippen LogP contribution in [0.15, 0.2) is 41.8 Å². The monoisotopic (exact) mass is 576 g/mol. The summed E-state index contributed by atoms with van der Waals surface area (Å²) in [4.78, 5) is 16.7. The average molecular weight is 577 g/mol. The van der Waals surface area contributed by atoms with Crippen molar-refractivity contribution in [1.29, 1.82) is 0 Å². The first kappa shape index (κ1) is 28.9. The summed E-state index contributed by atoms with van der Waals surface area (Å²) in [5.41, 5.74) is -2.48. The summed E-state index contributed by atoms with van der Waals surface area (Å²) in [6.45, 7) is 4.44. The van der Waals surface area contributed by atoms with Gasteiger partial charge in [-0.25, -0.2) is 9.18 Å². The lowest BCUT2D eigenvalue weighted by molar-refractivity contribution is -0.143. The number of urea groups is 1. The lowest BCUT2D eigenvalue weighted by atomic mass is 10.1. The van der Waals surface area contributed by atoms with Crippen molar-refractivity contribution in [3.8, 4) is 0 Å². The largest absolute Gasteiger partial charge is 0.416 e. The molecule has 5 nitrogen and oxygen atoms in total. The fourth-order valence-electron chi connectivity index (χ4n) is 4.53. The number of fused-ring (bicyclic) bond motifs is 1. The summed E-state index contributed by atoms with van der Waals surface area (Å²) in [5.74, 6) is -0.254. The van der Waals surface area contributed by atoms with Crippen LogP contribution < -0.4 is 15.5 Å². The van der Waals surface area contributed by atoms with E-state index in [1.54, 1.807) is 6.07 Å². The topological polar surface area (TPSA) is 47.6 Å². The van der Waals surface area contributed by atoms with Gasteiger partial charge in [0.2, 0.25) is 0 Å². The standard InChI is InChI=1S/C26H27F7N4OS/c27-19-4-5-21-22(16-39-23(21)15-19)37-9-3-8-36(10-11-37)7-2-1-6-34-24(38)35-20-13-17(25(28,29)30)12-18(14-20)26(31,32)33/h4-5,12-16H,1-3,6-11H2,(H2,34,35,38). The van der Waals surface area contributed by atoms with E-state index in [1.807, 2.05) is 6.07 Å². The summed E-state index contributed by atoms with van der Waals surface area (Å²) in [5, 5.41) is 7.64. The van der Waals surface area contributed by atoms with Gasteiger partial charge >= 0.3 is 18.4 Å². The molecule has 0 spiro atoms. The van der Waals surface area contributed by atoms with E-state index in [0.717, 1.165) is 61.3 Å². The van der Waals surface area contributed by atoms with Gasteiger partial charge in [-0.3, -0.25) is 0 Å². The van der Waals surface area contributed by atoms with E-state index in [9.17, 15) is 35.5 Å². The van der Waals surface area contributed by atoms with Gasteiger partial charge in [0.15, 0.2) is 0 Å². The van der Waals surface area contributed by atoms with Gasteiger partial charge in [-0.15, -0.1) is 11.3 Å². The van der Waals surface area contributed by atoms with Gasteiger partial charge in [-0.1, -0.05) is 0 Å². The molecule has 1 saturated heterocycles. The molecular formula is C26H27F7N4OS. The van der Waals surface area contributed by atoms with Gasteiger partial charge in [0.25, 0.3) is 0 Å². The normalized spacial score (nSPS) is 15.4. The molecule has 13 heteroatoms. The molecule has 0 radical (unpaired) electrons. The van der Waals surface area contributed by atoms with Crippen molar-refractivity contribution in [3.63, 3.8) is 0 Å². The molecular weight excluding hydrogens is 549 g/mol. The van der Waals surface area contributed by atoms with Crippen LogP contribution in [-0.2, 0) is 12.4 Å². The first-order valence-electron chi connectivity index (χ1n) is 12.4. The number of benzene rings is 2. The van der Waals surface area contributed by atoms with Crippen molar-refractivity contribution < 1.29 is 35.5 Å². The van der Waals surface area contributed by atoms with Crippen LogP contribution in [0.25, 0.3) is 10.1 Å². The summed E-state index contributed by atoms with van der Waals surface area (Å²) >= 11 is 1.52. The molecule has 4 rings (SSSR count). The minimum absolute atomic E-state index is 0.00877. The third-order valence-corrected chi connectivity index (χ3v) is 7.41. The number of hydrogen-bond donors (Lipinski definition) is 2. The zero-order valence-corrected chi connectivity index (χ0v) is 21.6. The van der Waals surface area contributed by atoms with Crippen LogP contribution >= 0.6 is 11.3 Å². The summed E-state index contributed by atoms with van der Waals surface area (Å²) in [6.07, 6.45) is -7.69. The number of carbonyl (C=O) groups is 1. The van der Waals surface area contributed by atoms with Gasteiger partial charge in [-0.2, -0.15) is 26.3 Å². The van der Waals surface area contributed by atoms with E-state index in [4.69, 9.17) is 0 Å². The zero-order valence-electron chi connectivity index (χ0n) is 20.8. The van der Waals surface area contributed by atoms with E-state index in [0.29, 0.717) is 18.6 Å². The van der Waals surface area contributed by atoms with Gasteiger partial charge < -0.3 is 20.4 Å². The van der Waals surface area contributed by atoms with E-state index in [-0.39, 0.29) is 18.4 Å². The molecule has 2 aromatic carbocycles.